The average Bonchev–Trinajstić information content (AvgIpc) is 3.10. The van der Waals surface area contributed by atoms with E-state index in [2.05, 4.69) is 17.1 Å². The third-order valence-electron chi connectivity index (χ3n) is 5.60. The molecule has 19 heavy (non-hydrogen) atoms. The van der Waals surface area contributed by atoms with Gasteiger partial charge in [0.15, 0.2) is 0 Å². The Labute approximate surface area is 117 Å². The average molecular weight is 264 g/mol. The molecule has 2 atom stereocenters. The van der Waals surface area contributed by atoms with Gasteiger partial charge in [0.1, 0.15) is 0 Å². The standard InChI is InChI=1S/C16H28N2O/c1-16(9-3-4-10-16)15(19)18-12-5-2-8-14(18)13-7-6-11-17-13/h13-14,17H,2-12H2,1H3. The molecular weight excluding hydrogens is 236 g/mol. The van der Waals surface area contributed by atoms with Crippen molar-refractivity contribution in [1.29, 1.82) is 0 Å². The van der Waals surface area contributed by atoms with E-state index >= 15 is 0 Å². The number of nitrogens with one attached hydrogen (secondary N) is 1. The summed E-state index contributed by atoms with van der Waals surface area (Å²) < 4.78 is 0. The minimum atomic E-state index is -0.0474. The molecule has 0 aromatic carbocycles. The van der Waals surface area contributed by atoms with Crippen LogP contribution in [0.1, 0.15) is 64.7 Å². The van der Waals surface area contributed by atoms with Gasteiger partial charge < -0.3 is 10.2 Å². The minimum Gasteiger partial charge on any atom is -0.338 e. The molecule has 0 bridgehead atoms. The molecule has 2 saturated heterocycles. The van der Waals surface area contributed by atoms with Gasteiger partial charge in [0.25, 0.3) is 0 Å². The van der Waals surface area contributed by atoms with E-state index in [1.54, 1.807) is 0 Å². The summed E-state index contributed by atoms with van der Waals surface area (Å²) >= 11 is 0. The van der Waals surface area contributed by atoms with Crippen molar-refractivity contribution >= 4 is 5.91 Å². The maximum Gasteiger partial charge on any atom is 0.228 e. The summed E-state index contributed by atoms with van der Waals surface area (Å²) in [5, 5.41) is 3.62. The van der Waals surface area contributed by atoms with Gasteiger partial charge in [0.2, 0.25) is 5.91 Å². The Morgan fingerprint density at radius 3 is 2.58 bits per heavy atom. The van der Waals surface area contributed by atoms with Crippen molar-refractivity contribution in [1.82, 2.24) is 10.2 Å². The maximum absolute atomic E-state index is 13.0. The van der Waals surface area contributed by atoms with E-state index in [0.29, 0.717) is 18.0 Å². The van der Waals surface area contributed by atoms with Gasteiger partial charge in [-0.1, -0.05) is 19.8 Å². The molecule has 0 spiro atoms. The Morgan fingerprint density at radius 2 is 1.89 bits per heavy atom. The molecule has 3 fully saturated rings. The fraction of sp³-hybridized carbons (Fsp3) is 0.938. The zero-order valence-electron chi connectivity index (χ0n) is 12.3. The van der Waals surface area contributed by atoms with Gasteiger partial charge in [-0.2, -0.15) is 0 Å². The van der Waals surface area contributed by atoms with Crippen LogP contribution in [0.4, 0.5) is 0 Å². The Kier molecular flexibility index (Phi) is 3.84. The van der Waals surface area contributed by atoms with Crippen molar-refractivity contribution in [2.75, 3.05) is 13.1 Å². The topological polar surface area (TPSA) is 32.3 Å². The van der Waals surface area contributed by atoms with Gasteiger partial charge in [0, 0.05) is 24.0 Å². The van der Waals surface area contributed by atoms with Gasteiger partial charge in [-0.3, -0.25) is 4.79 Å². The number of rotatable bonds is 2. The van der Waals surface area contributed by atoms with Gasteiger partial charge in [0.05, 0.1) is 0 Å². The normalized spacial score (nSPS) is 34.7. The molecule has 2 heterocycles. The van der Waals surface area contributed by atoms with Crippen molar-refractivity contribution in [3.63, 3.8) is 0 Å². The first-order valence-corrected chi connectivity index (χ1v) is 8.25. The van der Waals surface area contributed by atoms with Crippen LogP contribution in [0.15, 0.2) is 0 Å². The van der Waals surface area contributed by atoms with Crippen molar-refractivity contribution in [3.8, 4) is 0 Å². The lowest BCUT2D eigenvalue weighted by molar-refractivity contribution is -0.145. The van der Waals surface area contributed by atoms with Crippen molar-refractivity contribution in [2.24, 2.45) is 5.41 Å². The summed E-state index contributed by atoms with van der Waals surface area (Å²) in [4.78, 5) is 15.2. The van der Waals surface area contributed by atoms with Crippen LogP contribution in [0.25, 0.3) is 0 Å². The number of likely N-dealkylation sites (tertiary alicyclic amines) is 1. The van der Waals surface area contributed by atoms with Gasteiger partial charge in [-0.25, -0.2) is 0 Å². The Morgan fingerprint density at radius 1 is 1.11 bits per heavy atom. The van der Waals surface area contributed by atoms with Crippen molar-refractivity contribution in [3.05, 3.63) is 0 Å². The minimum absolute atomic E-state index is 0.0474. The van der Waals surface area contributed by atoms with Crippen LogP contribution >= 0.6 is 0 Å². The van der Waals surface area contributed by atoms with E-state index in [9.17, 15) is 4.79 Å². The Bertz CT molecular complexity index is 330. The predicted molar refractivity (Wildman–Crippen MR) is 77.0 cm³/mol. The number of amides is 1. The highest BCUT2D eigenvalue weighted by Crippen LogP contribution is 2.40. The van der Waals surface area contributed by atoms with Gasteiger partial charge >= 0.3 is 0 Å². The molecule has 1 N–H and O–H groups in total. The highest BCUT2D eigenvalue weighted by Gasteiger charge is 2.43. The summed E-state index contributed by atoms with van der Waals surface area (Å²) in [7, 11) is 0. The molecule has 0 aromatic heterocycles. The SMILES string of the molecule is CC1(C(=O)N2CCCCC2C2CCCN2)CCCC1. The van der Waals surface area contributed by atoms with Crippen LogP contribution in [-0.4, -0.2) is 36.0 Å². The molecule has 2 unspecified atom stereocenters. The molecule has 108 valence electrons. The molecule has 3 rings (SSSR count). The van der Waals surface area contributed by atoms with E-state index in [1.807, 2.05) is 0 Å². The molecule has 0 radical (unpaired) electrons. The van der Waals surface area contributed by atoms with Crippen molar-refractivity contribution < 1.29 is 4.79 Å². The molecule has 3 nitrogen and oxygen atoms in total. The summed E-state index contributed by atoms with van der Waals surface area (Å²) in [6, 6.07) is 1.04. The summed E-state index contributed by atoms with van der Waals surface area (Å²) in [6.45, 7) is 4.34. The molecule has 1 saturated carbocycles. The predicted octanol–water partition coefficient (Wildman–Crippen LogP) is 2.70. The lowest BCUT2D eigenvalue weighted by Crippen LogP contribution is -2.55. The van der Waals surface area contributed by atoms with Gasteiger partial charge in [-0.05, 0) is 51.5 Å². The maximum atomic E-state index is 13.0. The molecule has 3 heteroatoms. The summed E-state index contributed by atoms with van der Waals surface area (Å²) in [6.07, 6.45) is 10.9. The lowest BCUT2D eigenvalue weighted by Gasteiger charge is -2.43. The van der Waals surface area contributed by atoms with E-state index in [4.69, 9.17) is 0 Å². The van der Waals surface area contributed by atoms with E-state index in [1.165, 1.54) is 44.9 Å². The van der Waals surface area contributed by atoms with E-state index in [-0.39, 0.29) is 5.41 Å². The third-order valence-corrected chi connectivity index (χ3v) is 5.60. The first kappa shape index (κ1) is 13.4. The van der Waals surface area contributed by atoms with Crippen molar-refractivity contribution in [2.45, 2.75) is 76.8 Å². The molecule has 3 aliphatic rings. The highest BCUT2D eigenvalue weighted by atomic mass is 16.2. The molecule has 0 aromatic rings. The highest BCUT2D eigenvalue weighted by molar-refractivity contribution is 5.83. The number of carbonyl (C=O) groups is 1. The second kappa shape index (κ2) is 5.43. The molecule has 1 amide bonds. The van der Waals surface area contributed by atoms with Crippen LogP contribution in [0, 0.1) is 5.41 Å². The number of nitrogens with zero attached hydrogens (tertiary/aromatic N) is 1. The first-order valence-electron chi connectivity index (χ1n) is 8.25. The first-order chi connectivity index (χ1) is 9.21. The van der Waals surface area contributed by atoms with Crippen LogP contribution in [0.5, 0.6) is 0 Å². The Hall–Kier alpha value is -0.570. The largest absolute Gasteiger partial charge is 0.338 e. The quantitative estimate of drug-likeness (QED) is 0.831. The summed E-state index contributed by atoms with van der Waals surface area (Å²) in [5.74, 6) is 0.461. The number of hydrogen-bond donors (Lipinski definition) is 1. The number of hydrogen-bond acceptors (Lipinski definition) is 2. The fourth-order valence-electron chi connectivity index (χ4n) is 4.38. The second-order valence-electron chi connectivity index (χ2n) is 7.03. The molecular formula is C16H28N2O. The fourth-order valence-corrected chi connectivity index (χ4v) is 4.38. The lowest BCUT2D eigenvalue weighted by atomic mass is 9.84. The second-order valence-corrected chi connectivity index (χ2v) is 7.03. The number of piperidine rings is 1. The Balaban J connectivity index is 1.74. The molecule has 1 aliphatic carbocycles. The van der Waals surface area contributed by atoms with Crippen LogP contribution in [0.3, 0.4) is 0 Å². The van der Waals surface area contributed by atoms with E-state index in [0.717, 1.165) is 25.9 Å². The zero-order valence-corrected chi connectivity index (χ0v) is 12.3. The van der Waals surface area contributed by atoms with E-state index < -0.39 is 0 Å². The van der Waals surface area contributed by atoms with Crippen LogP contribution in [0.2, 0.25) is 0 Å². The molecule has 2 aliphatic heterocycles. The van der Waals surface area contributed by atoms with Gasteiger partial charge in [-0.15, -0.1) is 0 Å². The van der Waals surface area contributed by atoms with Crippen LogP contribution in [-0.2, 0) is 4.79 Å². The smallest absolute Gasteiger partial charge is 0.228 e. The summed E-state index contributed by atoms with van der Waals surface area (Å²) in [5.41, 5.74) is -0.0474. The zero-order chi connectivity index (χ0) is 13.3. The third kappa shape index (κ3) is 2.54. The number of carbonyl (C=O) groups excluding carboxylic acids is 1. The van der Waals surface area contributed by atoms with Crippen LogP contribution < -0.4 is 5.32 Å². The monoisotopic (exact) mass is 264 g/mol.